The number of aliphatic hydroxyl groups excluding tert-OH is 1. The van der Waals surface area contributed by atoms with Crippen LogP contribution in [0.3, 0.4) is 0 Å². The maximum absolute atomic E-state index is 11.8. The Kier molecular flexibility index (Phi) is 4.51. The minimum atomic E-state index is -0.813. The molecule has 3 nitrogen and oxygen atoms in total. The van der Waals surface area contributed by atoms with Crippen molar-refractivity contribution in [3.05, 3.63) is 34.9 Å². The van der Waals surface area contributed by atoms with Crippen LogP contribution in [0, 0.1) is 17.3 Å². The van der Waals surface area contributed by atoms with Crippen LogP contribution in [0.4, 0.5) is 0 Å². The van der Waals surface area contributed by atoms with Crippen LogP contribution in [-0.4, -0.2) is 28.2 Å². The van der Waals surface area contributed by atoms with Gasteiger partial charge in [-0.2, -0.15) is 0 Å². The molecular weight excluding hydrogens is 324 g/mol. The van der Waals surface area contributed by atoms with Crippen LogP contribution in [0.2, 0.25) is 0 Å². The van der Waals surface area contributed by atoms with Crippen LogP contribution in [0.1, 0.15) is 71.1 Å². The van der Waals surface area contributed by atoms with Gasteiger partial charge in [-0.3, -0.25) is 4.79 Å². The molecular formula is C23H32O3. The van der Waals surface area contributed by atoms with Crippen LogP contribution in [-0.2, 0) is 4.79 Å². The van der Waals surface area contributed by atoms with Gasteiger partial charge in [0, 0.05) is 24.9 Å². The van der Waals surface area contributed by atoms with E-state index in [1.54, 1.807) is 0 Å². The number of carbonyl (C=O) groups is 1. The number of hydrogen-bond acceptors (Lipinski definition) is 3. The Balaban J connectivity index is 1.65. The molecule has 0 saturated heterocycles. The maximum Gasteiger partial charge on any atom is 0.137 e. The smallest absolute Gasteiger partial charge is 0.137 e. The molecule has 0 aliphatic heterocycles. The molecule has 3 heteroatoms. The molecule has 0 unspecified atom stereocenters. The summed E-state index contributed by atoms with van der Waals surface area (Å²) in [6.45, 7) is 6.64. The SMILES string of the molecule is C=C(CCCO)[C@]1(O)CC[C@H]2[C@@H]3CCC4=C(CCC(=O)C4)C3=CC[C@@]21C. The fourth-order valence-corrected chi connectivity index (χ4v) is 6.51. The molecule has 1 saturated carbocycles. The lowest BCUT2D eigenvalue weighted by atomic mass is 9.55. The number of rotatable bonds is 4. The summed E-state index contributed by atoms with van der Waals surface area (Å²) in [5, 5.41) is 20.8. The van der Waals surface area contributed by atoms with Crippen molar-refractivity contribution in [1.82, 2.24) is 0 Å². The van der Waals surface area contributed by atoms with Crippen molar-refractivity contribution in [2.75, 3.05) is 6.61 Å². The summed E-state index contributed by atoms with van der Waals surface area (Å²) in [7, 11) is 0. The van der Waals surface area contributed by atoms with E-state index in [-0.39, 0.29) is 12.0 Å². The number of aliphatic hydroxyl groups is 2. The predicted octanol–water partition coefficient (Wildman–Crippen LogP) is 4.25. The van der Waals surface area contributed by atoms with Crippen molar-refractivity contribution in [1.29, 1.82) is 0 Å². The lowest BCUT2D eigenvalue weighted by molar-refractivity contribution is -0.118. The average Bonchev–Trinajstić information content (AvgIpc) is 2.91. The van der Waals surface area contributed by atoms with Crippen LogP contribution in [0.25, 0.3) is 0 Å². The highest BCUT2D eigenvalue weighted by molar-refractivity contribution is 5.83. The summed E-state index contributed by atoms with van der Waals surface area (Å²) in [5.41, 5.74) is 4.33. The van der Waals surface area contributed by atoms with Crippen LogP contribution in [0.5, 0.6) is 0 Å². The molecule has 4 rings (SSSR count). The van der Waals surface area contributed by atoms with Gasteiger partial charge in [0.15, 0.2) is 0 Å². The first-order chi connectivity index (χ1) is 12.4. The topological polar surface area (TPSA) is 57.5 Å². The number of carbonyl (C=O) groups excluding carboxylic acids is 1. The van der Waals surface area contributed by atoms with Crippen molar-refractivity contribution < 1.29 is 15.0 Å². The highest BCUT2D eigenvalue weighted by Crippen LogP contribution is 2.64. The average molecular weight is 357 g/mol. The second kappa shape index (κ2) is 6.45. The summed E-state index contributed by atoms with van der Waals surface area (Å²) < 4.78 is 0. The van der Waals surface area contributed by atoms with Gasteiger partial charge >= 0.3 is 0 Å². The molecule has 0 radical (unpaired) electrons. The van der Waals surface area contributed by atoms with E-state index in [4.69, 9.17) is 5.11 Å². The van der Waals surface area contributed by atoms with Gasteiger partial charge in [0.2, 0.25) is 0 Å². The first-order valence-corrected chi connectivity index (χ1v) is 10.4. The molecule has 0 aromatic carbocycles. The Morgan fingerprint density at radius 1 is 1.31 bits per heavy atom. The molecule has 0 amide bonds. The normalized spacial score (nSPS) is 39.2. The third-order valence-corrected chi connectivity index (χ3v) is 8.03. The maximum atomic E-state index is 11.8. The van der Waals surface area contributed by atoms with E-state index in [0.29, 0.717) is 43.3 Å². The van der Waals surface area contributed by atoms with Gasteiger partial charge in [-0.1, -0.05) is 25.2 Å². The largest absolute Gasteiger partial charge is 0.396 e. The second-order valence-electron chi connectivity index (χ2n) is 9.16. The zero-order chi connectivity index (χ0) is 18.5. The predicted molar refractivity (Wildman–Crippen MR) is 103 cm³/mol. The third kappa shape index (κ3) is 2.51. The molecule has 0 bridgehead atoms. The van der Waals surface area contributed by atoms with E-state index >= 15 is 0 Å². The Morgan fingerprint density at radius 2 is 2.12 bits per heavy atom. The molecule has 4 aliphatic carbocycles. The molecule has 1 fully saturated rings. The lowest BCUT2D eigenvalue weighted by Gasteiger charge is -2.51. The van der Waals surface area contributed by atoms with Gasteiger partial charge < -0.3 is 10.2 Å². The number of Topliss-reactive ketones (excluding diaryl/α,β-unsaturated/α-hetero) is 1. The molecule has 4 aliphatic rings. The Hall–Kier alpha value is -1.19. The summed E-state index contributed by atoms with van der Waals surface area (Å²) >= 11 is 0. The number of allylic oxidation sites excluding steroid dienone is 4. The molecule has 2 N–H and O–H groups in total. The van der Waals surface area contributed by atoms with Crippen LogP contribution < -0.4 is 0 Å². The molecule has 0 aromatic heterocycles. The van der Waals surface area contributed by atoms with E-state index in [2.05, 4.69) is 19.6 Å². The van der Waals surface area contributed by atoms with Gasteiger partial charge in [0.1, 0.15) is 5.78 Å². The van der Waals surface area contributed by atoms with Crippen molar-refractivity contribution in [3.8, 4) is 0 Å². The summed E-state index contributed by atoms with van der Waals surface area (Å²) in [4.78, 5) is 11.8. The molecule has 142 valence electrons. The van der Waals surface area contributed by atoms with Crippen molar-refractivity contribution in [2.45, 2.75) is 76.7 Å². The highest BCUT2D eigenvalue weighted by Gasteiger charge is 2.60. The minimum Gasteiger partial charge on any atom is -0.396 e. The van der Waals surface area contributed by atoms with Crippen molar-refractivity contribution in [2.24, 2.45) is 17.3 Å². The molecule has 0 heterocycles. The Labute approximate surface area is 156 Å². The minimum absolute atomic E-state index is 0.150. The van der Waals surface area contributed by atoms with Gasteiger partial charge in [0.05, 0.1) is 5.60 Å². The van der Waals surface area contributed by atoms with Crippen LogP contribution in [0.15, 0.2) is 34.9 Å². The Bertz CT molecular complexity index is 700. The fraction of sp³-hybridized carbons (Fsp3) is 0.696. The molecule has 0 spiro atoms. The number of ketones is 1. The Morgan fingerprint density at radius 3 is 2.88 bits per heavy atom. The van der Waals surface area contributed by atoms with Crippen molar-refractivity contribution >= 4 is 5.78 Å². The van der Waals surface area contributed by atoms with E-state index in [9.17, 15) is 9.90 Å². The number of fused-ring (bicyclic) bond motifs is 4. The molecule has 26 heavy (non-hydrogen) atoms. The standard InChI is InChI=1S/C23H32O3/c1-15(4-3-13-24)23(26)12-10-21-20-7-5-16-14-17(25)6-8-18(16)19(20)9-11-22(21,23)2/h9,20-21,24,26H,1,3-8,10-14H2,2H3/t20-,21+,22+,23-/m1/s1. The second-order valence-corrected chi connectivity index (χ2v) is 9.16. The van der Waals surface area contributed by atoms with Crippen molar-refractivity contribution in [3.63, 3.8) is 0 Å². The molecule has 0 aromatic rings. The highest BCUT2D eigenvalue weighted by atomic mass is 16.3. The van der Waals surface area contributed by atoms with Crippen LogP contribution >= 0.6 is 0 Å². The van der Waals surface area contributed by atoms with E-state index in [0.717, 1.165) is 44.1 Å². The third-order valence-electron chi connectivity index (χ3n) is 8.03. The van der Waals surface area contributed by atoms with Gasteiger partial charge in [-0.15, -0.1) is 0 Å². The summed E-state index contributed by atoms with van der Waals surface area (Å²) in [6.07, 6.45) is 11.0. The summed E-state index contributed by atoms with van der Waals surface area (Å²) in [5.74, 6) is 1.42. The zero-order valence-electron chi connectivity index (χ0n) is 16.0. The summed E-state index contributed by atoms with van der Waals surface area (Å²) in [6, 6.07) is 0. The van der Waals surface area contributed by atoms with Gasteiger partial charge in [-0.05, 0) is 79.9 Å². The van der Waals surface area contributed by atoms with E-state index in [1.165, 1.54) is 16.7 Å². The zero-order valence-corrected chi connectivity index (χ0v) is 16.0. The van der Waals surface area contributed by atoms with E-state index in [1.807, 2.05) is 0 Å². The van der Waals surface area contributed by atoms with Gasteiger partial charge in [-0.25, -0.2) is 0 Å². The number of hydrogen-bond donors (Lipinski definition) is 2. The fourth-order valence-electron chi connectivity index (χ4n) is 6.51. The molecule has 4 atom stereocenters. The van der Waals surface area contributed by atoms with Gasteiger partial charge in [0.25, 0.3) is 0 Å². The first-order valence-electron chi connectivity index (χ1n) is 10.4. The van der Waals surface area contributed by atoms with E-state index < -0.39 is 5.60 Å². The monoisotopic (exact) mass is 356 g/mol. The quantitative estimate of drug-likeness (QED) is 0.740. The lowest BCUT2D eigenvalue weighted by Crippen LogP contribution is -2.49. The first kappa shape index (κ1) is 18.2.